The Kier molecular flexibility index (Phi) is 6.04. The summed E-state index contributed by atoms with van der Waals surface area (Å²) in [5, 5.41) is 6.24. The van der Waals surface area contributed by atoms with Crippen LogP contribution in [0, 0.1) is 0 Å². The summed E-state index contributed by atoms with van der Waals surface area (Å²) in [5.41, 5.74) is 9.50. The first-order chi connectivity index (χ1) is 14.6. The van der Waals surface area contributed by atoms with Gasteiger partial charge in [-0.15, -0.1) is 0 Å². The number of carbonyl (C=O) groups is 1. The Hall–Kier alpha value is -3.26. The van der Waals surface area contributed by atoms with E-state index in [9.17, 15) is 4.79 Å². The van der Waals surface area contributed by atoms with Crippen LogP contribution in [0.5, 0.6) is 0 Å². The van der Waals surface area contributed by atoms with E-state index in [4.69, 9.17) is 15.5 Å². The Morgan fingerprint density at radius 1 is 1.10 bits per heavy atom. The molecule has 156 valence electrons. The molecule has 1 aliphatic carbocycles. The number of nitrogen functional groups attached to an aromatic ring is 1. The van der Waals surface area contributed by atoms with Crippen LogP contribution >= 0.6 is 0 Å². The molecule has 4 N–H and O–H groups in total. The summed E-state index contributed by atoms with van der Waals surface area (Å²) in [4.78, 5) is 25.5. The molecule has 0 radical (unpaired) electrons. The van der Waals surface area contributed by atoms with Gasteiger partial charge in [0.25, 0.3) is 5.91 Å². The molecule has 8 heteroatoms. The number of fused-ring (bicyclic) bond motifs is 1. The summed E-state index contributed by atoms with van der Waals surface area (Å²) in [6, 6.07) is 11.6. The van der Waals surface area contributed by atoms with Gasteiger partial charge in [0.05, 0.1) is 17.8 Å². The average Bonchev–Trinajstić information content (AvgIpc) is 3.57. The third kappa shape index (κ3) is 4.83. The number of anilines is 2. The number of rotatable bonds is 9. The van der Waals surface area contributed by atoms with Crippen LogP contribution in [0.1, 0.15) is 36.5 Å². The number of hydrogen-bond acceptors (Lipinski definition) is 7. The molecule has 1 amide bonds. The van der Waals surface area contributed by atoms with Crippen molar-refractivity contribution in [3.8, 4) is 11.3 Å². The highest BCUT2D eigenvalue weighted by Crippen LogP contribution is 2.25. The second kappa shape index (κ2) is 9.04. The fourth-order valence-corrected chi connectivity index (χ4v) is 3.09. The number of aromatic nitrogens is 3. The molecule has 3 aromatic rings. The van der Waals surface area contributed by atoms with Gasteiger partial charge in [-0.3, -0.25) is 4.79 Å². The van der Waals surface area contributed by atoms with E-state index in [1.807, 2.05) is 36.4 Å². The minimum Gasteiger partial charge on any atom is -0.380 e. The fraction of sp³-hybridized carbons (Fsp3) is 0.364. The summed E-state index contributed by atoms with van der Waals surface area (Å²) in [7, 11) is 0. The first-order valence-corrected chi connectivity index (χ1v) is 10.3. The Balaban J connectivity index is 1.54. The van der Waals surface area contributed by atoms with Crippen molar-refractivity contribution in [2.45, 2.75) is 32.2 Å². The smallest absolute Gasteiger partial charge is 0.251 e. The third-order valence-corrected chi connectivity index (χ3v) is 4.80. The zero-order valence-electron chi connectivity index (χ0n) is 17.0. The van der Waals surface area contributed by atoms with Crippen LogP contribution < -0.4 is 16.4 Å². The molecular formula is C22H26N6O2. The molecule has 0 bridgehead atoms. The largest absolute Gasteiger partial charge is 0.380 e. The number of ether oxygens (including phenoxy) is 1. The molecule has 0 aliphatic heterocycles. The van der Waals surface area contributed by atoms with Crippen molar-refractivity contribution in [1.29, 1.82) is 0 Å². The Morgan fingerprint density at radius 3 is 2.63 bits per heavy atom. The first kappa shape index (κ1) is 20.0. The molecule has 1 aliphatic rings. The minimum atomic E-state index is -0.0313. The topological polar surface area (TPSA) is 115 Å². The summed E-state index contributed by atoms with van der Waals surface area (Å²) in [6.07, 6.45) is 3.12. The second-order valence-corrected chi connectivity index (χ2v) is 7.36. The van der Waals surface area contributed by atoms with Gasteiger partial charge in [-0.1, -0.05) is 19.1 Å². The molecule has 0 spiro atoms. The van der Waals surface area contributed by atoms with E-state index < -0.39 is 0 Å². The van der Waals surface area contributed by atoms with Gasteiger partial charge in [-0.2, -0.15) is 4.98 Å². The number of nitrogens with one attached hydrogen (secondary N) is 2. The predicted octanol–water partition coefficient (Wildman–Crippen LogP) is 3.00. The predicted molar refractivity (Wildman–Crippen MR) is 117 cm³/mol. The summed E-state index contributed by atoms with van der Waals surface area (Å²) >= 11 is 0. The minimum absolute atomic E-state index is 0.0313. The average molecular weight is 406 g/mol. The van der Waals surface area contributed by atoms with Crippen LogP contribution in [0.25, 0.3) is 22.3 Å². The molecule has 1 saturated carbocycles. The molecular weight excluding hydrogens is 380 g/mol. The molecule has 0 unspecified atom stereocenters. The lowest BCUT2D eigenvalue weighted by Crippen LogP contribution is -2.25. The molecule has 0 atom stereocenters. The quantitative estimate of drug-likeness (QED) is 0.468. The monoisotopic (exact) mass is 406 g/mol. The van der Waals surface area contributed by atoms with Crippen molar-refractivity contribution in [3.05, 3.63) is 42.0 Å². The third-order valence-electron chi connectivity index (χ3n) is 4.80. The maximum Gasteiger partial charge on any atom is 0.251 e. The molecule has 2 heterocycles. The zero-order chi connectivity index (χ0) is 20.9. The standard InChI is InChI=1S/C22H26N6O2/c1-2-12-30-13-11-24-20-19-18(27-22(23)28-20)10-9-17(26-19)14-3-5-15(6-4-14)21(29)25-16-7-8-16/h3-6,9-10,16H,2,7-8,11-13H2,1H3,(H,25,29)(H3,23,24,27,28). The van der Waals surface area contributed by atoms with Crippen LogP contribution in [-0.2, 0) is 4.74 Å². The van der Waals surface area contributed by atoms with Crippen molar-refractivity contribution in [2.75, 3.05) is 30.8 Å². The van der Waals surface area contributed by atoms with Crippen molar-refractivity contribution in [2.24, 2.45) is 0 Å². The maximum atomic E-state index is 12.2. The van der Waals surface area contributed by atoms with E-state index in [-0.39, 0.29) is 11.9 Å². The molecule has 1 aromatic carbocycles. The van der Waals surface area contributed by atoms with Gasteiger partial charge in [-0.05, 0) is 43.5 Å². The number of hydrogen-bond donors (Lipinski definition) is 3. The molecule has 0 saturated heterocycles. The van der Waals surface area contributed by atoms with Gasteiger partial charge in [0.1, 0.15) is 5.52 Å². The van der Waals surface area contributed by atoms with Gasteiger partial charge in [0, 0.05) is 30.3 Å². The Bertz CT molecular complexity index is 1030. The number of carbonyl (C=O) groups excluding carboxylic acids is 1. The van der Waals surface area contributed by atoms with Crippen molar-refractivity contribution >= 4 is 28.7 Å². The molecule has 30 heavy (non-hydrogen) atoms. The van der Waals surface area contributed by atoms with Crippen molar-refractivity contribution < 1.29 is 9.53 Å². The SMILES string of the molecule is CCCOCCNc1nc(N)nc2ccc(-c3ccc(C(=O)NC4CC4)cc3)nc12. The lowest BCUT2D eigenvalue weighted by atomic mass is 10.1. The number of benzene rings is 1. The van der Waals surface area contributed by atoms with Crippen LogP contribution in [0.4, 0.5) is 11.8 Å². The van der Waals surface area contributed by atoms with E-state index in [2.05, 4.69) is 27.5 Å². The number of amides is 1. The van der Waals surface area contributed by atoms with E-state index >= 15 is 0 Å². The maximum absolute atomic E-state index is 12.2. The molecule has 4 rings (SSSR count). The number of pyridine rings is 1. The number of nitrogens with two attached hydrogens (primary N) is 1. The highest BCUT2D eigenvalue weighted by Gasteiger charge is 2.23. The first-order valence-electron chi connectivity index (χ1n) is 10.3. The summed E-state index contributed by atoms with van der Waals surface area (Å²) in [6.45, 7) is 3.97. The normalized spacial score (nSPS) is 13.4. The van der Waals surface area contributed by atoms with Gasteiger partial charge in [0.15, 0.2) is 5.82 Å². The molecule has 1 fully saturated rings. The second-order valence-electron chi connectivity index (χ2n) is 7.36. The van der Waals surface area contributed by atoms with Crippen LogP contribution in [-0.4, -0.2) is 46.7 Å². The number of nitrogens with zero attached hydrogens (tertiary/aromatic N) is 3. The van der Waals surface area contributed by atoms with Gasteiger partial charge >= 0.3 is 0 Å². The van der Waals surface area contributed by atoms with Gasteiger partial charge in [0.2, 0.25) is 5.95 Å². The lowest BCUT2D eigenvalue weighted by Gasteiger charge is -2.11. The zero-order valence-corrected chi connectivity index (χ0v) is 17.0. The van der Waals surface area contributed by atoms with E-state index in [1.54, 1.807) is 0 Å². The Morgan fingerprint density at radius 2 is 1.90 bits per heavy atom. The highest BCUT2D eigenvalue weighted by molar-refractivity contribution is 5.95. The van der Waals surface area contributed by atoms with E-state index in [1.165, 1.54) is 0 Å². The summed E-state index contributed by atoms with van der Waals surface area (Å²) < 4.78 is 5.51. The van der Waals surface area contributed by atoms with Gasteiger partial charge < -0.3 is 21.1 Å². The van der Waals surface area contributed by atoms with Crippen LogP contribution in [0.15, 0.2) is 36.4 Å². The summed E-state index contributed by atoms with van der Waals surface area (Å²) in [5.74, 6) is 0.746. The molecule has 8 nitrogen and oxygen atoms in total. The van der Waals surface area contributed by atoms with Gasteiger partial charge in [-0.25, -0.2) is 9.97 Å². The van der Waals surface area contributed by atoms with Crippen LogP contribution in [0.3, 0.4) is 0 Å². The Labute approximate surface area is 175 Å². The highest BCUT2D eigenvalue weighted by atomic mass is 16.5. The van der Waals surface area contributed by atoms with Crippen LogP contribution in [0.2, 0.25) is 0 Å². The van der Waals surface area contributed by atoms with Crippen molar-refractivity contribution in [1.82, 2.24) is 20.3 Å². The fourth-order valence-electron chi connectivity index (χ4n) is 3.09. The van der Waals surface area contributed by atoms with Crippen molar-refractivity contribution in [3.63, 3.8) is 0 Å². The molecule has 2 aromatic heterocycles. The van der Waals surface area contributed by atoms with E-state index in [0.29, 0.717) is 41.6 Å². The van der Waals surface area contributed by atoms with E-state index in [0.717, 1.165) is 37.1 Å². The lowest BCUT2D eigenvalue weighted by molar-refractivity contribution is 0.0951.